The summed E-state index contributed by atoms with van der Waals surface area (Å²) in [4.78, 5) is 13.5. The molecule has 3 rings (SSSR count). The fourth-order valence-corrected chi connectivity index (χ4v) is 3.78. The van der Waals surface area contributed by atoms with E-state index in [-0.39, 0.29) is 11.2 Å². The van der Waals surface area contributed by atoms with Crippen molar-refractivity contribution >= 4 is 34.7 Å². The normalized spacial score (nSPS) is 12.1. The summed E-state index contributed by atoms with van der Waals surface area (Å²) < 4.78 is 1.92. The zero-order valence-corrected chi connectivity index (χ0v) is 15.3. The minimum atomic E-state index is -0.274. The zero-order chi connectivity index (χ0) is 17.1. The number of carbonyl (C=O) groups excluding carboxylic acids is 1. The van der Waals surface area contributed by atoms with Crippen molar-refractivity contribution in [3.8, 4) is 10.7 Å². The number of benzene rings is 1. The number of rotatable bonds is 5. The Morgan fingerprint density at radius 2 is 2.12 bits per heavy atom. The van der Waals surface area contributed by atoms with Gasteiger partial charge in [0.1, 0.15) is 0 Å². The van der Waals surface area contributed by atoms with Gasteiger partial charge in [0, 0.05) is 12.7 Å². The van der Waals surface area contributed by atoms with Crippen LogP contribution >= 0.6 is 23.1 Å². The average molecular weight is 358 g/mol. The van der Waals surface area contributed by atoms with E-state index >= 15 is 0 Å². The highest BCUT2D eigenvalue weighted by Gasteiger charge is 2.19. The van der Waals surface area contributed by atoms with E-state index in [0.29, 0.717) is 0 Å². The van der Waals surface area contributed by atoms with E-state index in [4.69, 9.17) is 0 Å². The third-order valence-electron chi connectivity index (χ3n) is 3.51. The molecule has 1 N–H and O–H groups in total. The Labute approximate surface area is 149 Å². The van der Waals surface area contributed by atoms with Crippen LogP contribution in [-0.2, 0) is 11.8 Å². The molecule has 0 spiro atoms. The van der Waals surface area contributed by atoms with Crippen LogP contribution in [0.25, 0.3) is 10.7 Å². The van der Waals surface area contributed by atoms with Crippen LogP contribution in [-0.4, -0.2) is 25.9 Å². The summed E-state index contributed by atoms with van der Waals surface area (Å²) in [5.74, 6) is 0.769. The first-order chi connectivity index (χ1) is 11.5. The lowest BCUT2D eigenvalue weighted by atomic mass is 10.2. The first-order valence-corrected chi connectivity index (χ1v) is 9.28. The largest absolute Gasteiger partial charge is 0.325 e. The number of thioether (sulfide) groups is 1. The molecule has 3 aromatic rings. The van der Waals surface area contributed by atoms with Crippen molar-refractivity contribution in [2.75, 3.05) is 5.32 Å². The van der Waals surface area contributed by atoms with Gasteiger partial charge in [-0.3, -0.25) is 4.79 Å². The predicted molar refractivity (Wildman–Crippen MR) is 99.4 cm³/mol. The van der Waals surface area contributed by atoms with Gasteiger partial charge in [-0.15, -0.1) is 21.5 Å². The molecule has 1 atom stereocenters. The molecule has 0 aliphatic rings. The third kappa shape index (κ3) is 3.68. The second kappa shape index (κ2) is 7.19. The Kier molecular flexibility index (Phi) is 5.01. The topological polar surface area (TPSA) is 59.8 Å². The van der Waals surface area contributed by atoms with Crippen molar-refractivity contribution in [3.05, 3.63) is 47.3 Å². The standard InChI is InChI=1S/C17H18N4OS2/c1-11-6-4-7-13(10-11)18-16(22)12(2)24-17-20-19-15(21(17)3)14-8-5-9-23-14/h4-10,12H,1-3H3,(H,18,22). The lowest BCUT2D eigenvalue weighted by Crippen LogP contribution is -2.22. The second-order valence-corrected chi connectivity index (χ2v) is 7.72. The van der Waals surface area contributed by atoms with E-state index < -0.39 is 0 Å². The van der Waals surface area contributed by atoms with Gasteiger partial charge in [-0.2, -0.15) is 0 Å². The number of hydrogen-bond donors (Lipinski definition) is 1. The quantitative estimate of drug-likeness (QED) is 0.701. The molecule has 2 aromatic heterocycles. The maximum atomic E-state index is 12.4. The maximum Gasteiger partial charge on any atom is 0.237 e. The second-order valence-electron chi connectivity index (χ2n) is 5.46. The summed E-state index contributed by atoms with van der Waals surface area (Å²) >= 11 is 3.02. The molecular weight excluding hydrogens is 340 g/mol. The Morgan fingerprint density at radius 3 is 2.83 bits per heavy atom. The number of nitrogens with zero attached hydrogens (tertiary/aromatic N) is 3. The zero-order valence-electron chi connectivity index (χ0n) is 13.7. The maximum absolute atomic E-state index is 12.4. The predicted octanol–water partition coefficient (Wildman–Crippen LogP) is 3.97. The SMILES string of the molecule is Cc1cccc(NC(=O)C(C)Sc2nnc(-c3cccs3)n2C)c1. The van der Waals surface area contributed by atoms with Gasteiger partial charge in [0.2, 0.25) is 5.91 Å². The molecule has 0 saturated heterocycles. The van der Waals surface area contributed by atoms with Gasteiger partial charge in [-0.05, 0) is 43.0 Å². The molecule has 1 unspecified atom stereocenters. The highest BCUT2D eigenvalue weighted by molar-refractivity contribution is 8.00. The first-order valence-electron chi connectivity index (χ1n) is 7.52. The van der Waals surface area contributed by atoms with Crippen molar-refractivity contribution in [1.82, 2.24) is 14.8 Å². The van der Waals surface area contributed by atoms with Gasteiger partial charge >= 0.3 is 0 Å². The van der Waals surface area contributed by atoms with Crippen LogP contribution in [0.2, 0.25) is 0 Å². The van der Waals surface area contributed by atoms with Gasteiger partial charge in [-0.25, -0.2) is 0 Å². The summed E-state index contributed by atoms with van der Waals surface area (Å²) in [5.41, 5.74) is 1.92. The fourth-order valence-electron chi connectivity index (χ4n) is 2.22. The van der Waals surface area contributed by atoms with Gasteiger partial charge in [0.05, 0.1) is 10.1 Å². The van der Waals surface area contributed by atoms with Crippen molar-refractivity contribution < 1.29 is 4.79 Å². The van der Waals surface area contributed by atoms with E-state index in [9.17, 15) is 4.79 Å². The Bertz CT molecular complexity index is 842. The van der Waals surface area contributed by atoms with Crippen LogP contribution in [0.5, 0.6) is 0 Å². The van der Waals surface area contributed by atoms with E-state index in [2.05, 4.69) is 15.5 Å². The molecule has 1 amide bonds. The Morgan fingerprint density at radius 1 is 1.29 bits per heavy atom. The number of amides is 1. The third-order valence-corrected chi connectivity index (χ3v) is 5.51. The summed E-state index contributed by atoms with van der Waals surface area (Å²) in [7, 11) is 1.92. The van der Waals surface area contributed by atoms with Crippen molar-refractivity contribution in [2.45, 2.75) is 24.3 Å². The Hall–Kier alpha value is -2.12. The molecule has 0 bridgehead atoms. The number of carbonyl (C=O) groups is 1. The summed E-state index contributed by atoms with van der Waals surface area (Å²) in [6.45, 7) is 3.87. The van der Waals surface area contributed by atoms with Crippen LogP contribution in [0.3, 0.4) is 0 Å². The molecule has 2 heterocycles. The monoisotopic (exact) mass is 358 g/mol. The van der Waals surface area contributed by atoms with Gasteiger partial charge in [0.15, 0.2) is 11.0 Å². The van der Waals surface area contributed by atoms with E-state index in [1.54, 1.807) is 11.3 Å². The molecule has 124 valence electrons. The van der Waals surface area contributed by atoms with E-state index in [1.807, 2.05) is 67.2 Å². The number of aryl methyl sites for hydroxylation is 1. The summed E-state index contributed by atoms with van der Waals surface area (Å²) in [5, 5.41) is 13.9. The van der Waals surface area contributed by atoms with E-state index in [0.717, 1.165) is 27.1 Å². The molecule has 0 radical (unpaired) electrons. The average Bonchev–Trinajstić information content (AvgIpc) is 3.18. The lowest BCUT2D eigenvalue weighted by molar-refractivity contribution is -0.115. The molecular formula is C17H18N4OS2. The van der Waals surface area contributed by atoms with Crippen LogP contribution in [0.15, 0.2) is 46.9 Å². The minimum Gasteiger partial charge on any atom is -0.325 e. The van der Waals surface area contributed by atoms with Crippen LogP contribution in [0, 0.1) is 6.92 Å². The molecule has 24 heavy (non-hydrogen) atoms. The molecule has 0 saturated carbocycles. The number of hydrogen-bond acceptors (Lipinski definition) is 5. The number of nitrogens with one attached hydrogen (secondary N) is 1. The molecule has 7 heteroatoms. The summed E-state index contributed by atoms with van der Waals surface area (Å²) in [6.07, 6.45) is 0. The number of anilines is 1. The minimum absolute atomic E-state index is 0.0497. The fraction of sp³-hybridized carbons (Fsp3) is 0.235. The summed E-state index contributed by atoms with van der Waals surface area (Å²) in [6, 6.07) is 11.8. The van der Waals surface area contributed by atoms with Gasteiger partial charge in [-0.1, -0.05) is 30.0 Å². The van der Waals surface area contributed by atoms with Crippen molar-refractivity contribution in [1.29, 1.82) is 0 Å². The molecule has 5 nitrogen and oxygen atoms in total. The van der Waals surface area contributed by atoms with Gasteiger partial charge in [0.25, 0.3) is 0 Å². The first kappa shape index (κ1) is 16.7. The Balaban J connectivity index is 1.68. The smallest absolute Gasteiger partial charge is 0.237 e. The van der Waals surface area contributed by atoms with Crippen LogP contribution < -0.4 is 5.32 Å². The van der Waals surface area contributed by atoms with Gasteiger partial charge < -0.3 is 9.88 Å². The van der Waals surface area contributed by atoms with Crippen LogP contribution in [0.1, 0.15) is 12.5 Å². The number of aromatic nitrogens is 3. The molecule has 0 aliphatic carbocycles. The highest BCUT2D eigenvalue weighted by Crippen LogP contribution is 2.28. The van der Waals surface area contributed by atoms with Crippen molar-refractivity contribution in [3.63, 3.8) is 0 Å². The van der Waals surface area contributed by atoms with Crippen LogP contribution in [0.4, 0.5) is 5.69 Å². The van der Waals surface area contributed by atoms with Crippen molar-refractivity contribution in [2.24, 2.45) is 7.05 Å². The highest BCUT2D eigenvalue weighted by atomic mass is 32.2. The number of thiophene rings is 1. The van der Waals surface area contributed by atoms with E-state index in [1.165, 1.54) is 11.8 Å². The molecule has 0 aliphatic heterocycles. The molecule has 1 aromatic carbocycles. The lowest BCUT2D eigenvalue weighted by Gasteiger charge is -2.12. The molecule has 0 fully saturated rings.